The third-order valence-corrected chi connectivity index (χ3v) is 6.15. The summed E-state index contributed by atoms with van der Waals surface area (Å²) in [6.45, 7) is 4.64. The summed E-state index contributed by atoms with van der Waals surface area (Å²) >= 11 is 2.09. The van der Waals surface area contributed by atoms with Crippen LogP contribution in [0.5, 0.6) is 0 Å². The molecule has 0 spiro atoms. The highest BCUT2D eigenvalue weighted by atomic mass is 32.2. The van der Waals surface area contributed by atoms with Crippen LogP contribution in [0.15, 0.2) is 4.99 Å². The molecule has 3 aliphatic rings. The zero-order chi connectivity index (χ0) is 14.7. The van der Waals surface area contributed by atoms with E-state index in [-0.39, 0.29) is 0 Å². The monoisotopic (exact) mass is 310 g/mol. The van der Waals surface area contributed by atoms with E-state index >= 15 is 0 Å². The van der Waals surface area contributed by atoms with E-state index in [0.717, 1.165) is 30.5 Å². The van der Waals surface area contributed by atoms with Crippen LogP contribution in [0.25, 0.3) is 0 Å². The zero-order valence-electron chi connectivity index (χ0n) is 13.5. The molecule has 0 aromatic heterocycles. The van der Waals surface area contributed by atoms with E-state index < -0.39 is 0 Å². The van der Waals surface area contributed by atoms with Crippen molar-refractivity contribution in [3.63, 3.8) is 0 Å². The largest absolute Gasteiger partial charge is 0.356 e. The number of rotatable bonds is 4. The van der Waals surface area contributed by atoms with E-state index in [1.165, 1.54) is 50.2 Å². The molecule has 3 rings (SSSR count). The predicted molar refractivity (Wildman–Crippen MR) is 92.1 cm³/mol. The van der Waals surface area contributed by atoms with Crippen molar-refractivity contribution in [2.45, 2.75) is 57.2 Å². The summed E-state index contributed by atoms with van der Waals surface area (Å²) in [5.74, 6) is 4.49. The molecule has 4 nitrogen and oxygen atoms in total. The van der Waals surface area contributed by atoms with Crippen LogP contribution in [-0.2, 0) is 0 Å². The van der Waals surface area contributed by atoms with Crippen LogP contribution in [0.1, 0.15) is 39.0 Å². The molecule has 120 valence electrons. The Hall–Kier alpha value is -0.420. The first-order valence-corrected chi connectivity index (χ1v) is 9.72. The smallest absolute Gasteiger partial charge is 0.191 e. The molecule has 2 aliphatic heterocycles. The molecular weight excluding hydrogens is 280 g/mol. The van der Waals surface area contributed by atoms with Crippen molar-refractivity contribution in [2.75, 3.05) is 31.6 Å². The second kappa shape index (κ2) is 7.23. The van der Waals surface area contributed by atoms with Crippen LogP contribution in [0, 0.1) is 5.92 Å². The molecule has 2 N–H and O–H groups in total. The second-order valence-electron chi connectivity index (χ2n) is 6.86. The highest BCUT2D eigenvalue weighted by Gasteiger charge is 2.38. The van der Waals surface area contributed by atoms with Gasteiger partial charge in [-0.15, -0.1) is 0 Å². The van der Waals surface area contributed by atoms with Crippen molar-refractivity contribution in [3.05, 3.63) is 0 Å². The molecule has 0 amide bonds. The van der Waals surface area contributed by atoms with Crippen LogP contribution in [0.2, 0.25) is 0 Å². The quantitative estimate of drug-likeness (QED) is 0.615. The first-order valence-electron chi connectivity index (χ1n) is 8.57. The first-order chi connectivity index (χ1) is 10.3. The van der Waals surface area contributed by atoms with E-state index in [1.807, 2.05) is 7.05 Å². The molecule has 0 radical (unpaired) electrons. The minimum absolute atomic E-state index is 0.564. The third kappa shape index (κ3) is 4.28. The maximum atomic E-state index is 4.42. The van der Waals surface area contributed by atoms with Crippen molar-refractivity contribution in [2.24, 2.45) is 10.9 Å². The summed E-state index contributed by atoms with van der Waals surface area (Å²) in [6, 6.07) is 2.17. The van der Waals surface area contributed by atoms with Gasteiger partial charge in [-0.3, -0.25) is 9.89 Å². The Labute approximate surface area is 133 Å². The lowest BCUT2D eigenvalue weighted by Gasteiger charge is -2.24. The molecule has 21 heavy (non-hydrogen) atoms. The van der Waals surface area contributed by atoms with Gasteiger partial charge < -0.3 is 10.6 Å². The fourth-order valence-electron chi connectivity index (χ4n) is 3.66. The van der Waals surface area contributed by atoms with Crippen molar-refractivity contribution in [1.29, 1.82) is 0 Å². The van der Waals surface area contributed by atoms with Gasteiger partial charge in [-0.05, 0) is 56.5 Å². The van der Waals surface area contributed by atoms with Crippen LogP contribution in [0.4, 0.5) is 0 Å². The van der Waals surface area contributed by atoms with Crippen LogP contribution in [0.3, 0.4) is 0 Å². The van der Waals surface area contributed by atoms with Crippen molar-refractivity contribution in [3.8, 4) is 0 Å². The molecule has 2 heterocycles. The van der Waals surface area contributed by atoms with Crippen LogP contribution >= 0.6 is 11.8 Å². The number of nitrogens with one attached hydrogen (secondary N) is 2. The highest BCUT2D eigenvalue weighted by molar-refractivity contribution is 7.99. The molecule has 2 atom stereocenters. The van der Waals surface area contributed by atoms with Crippen LogP contribution in [-0.4, -0.2) is 60.6 Å². The van der Waals surface area contributed by atoms with E-state index in [2.05, 4.69) is 39.2 Å². The highest BCUT2D eigenvalue weighted by Crippen LogP contribution is 2.33. The molecule has 0 aromatic carbocycles. The van der Waals surface area contributed by atoms with Gasteiger partial charge in [0.1, 0.15) is 0 Å². The molecule has 0 bridgehead atoms. The van der Waals surface area contributed by atoms with Crippen molar-refractivity contribution >= 4 is 17.7 Å². The first kappa shape index (κ1) is 15.5. The van der Waals surface area contributed by atoms with Crippen molar-refractivity contribution < 1.29 is 0 Å². The van der Waals surface area contributed by atoms with Gasteiger partial charge in [-0.25, -0.2) is 0 Å². The Balaban J connectivity index is 1.42. The summed E-state index contributed by atoms with van der Waals surface area (Å²) in [6.07, 6.45) is 6.76. The lowest BCUT2D eigenvalue weighted by molar-refractivity contribution is 0.256. The van der Waals surface area contributed by atoms with Gasteiger partial charge >= 0.3 is 0 Å². The fourth-order valence-corrected chi connectivity index (χ4v) is 4.86. The summed E-state index contributed by atoms with van der Waals surface area (Å²) in [5, 5.41) is 7.19. The average Bonchev–Trinajstić information content (AvgIpc) is 3.28. The lowest BCUT2D eigenvalue weighted by Crippen LogP contribution is -2.46. The topological polar surface area (TPSA) is 39.7 Å². The van der Waals surface area contributed by atoms with Gasteiger partial charge in [0.2, 0.25) is 0 Å². The summed E-state index contributed by atoms with van der Waals surface area (Å²) in [7, 11) is 1.89. The Kier molecular flexibility index (Phi) is 5.33. The van der Waals surface area contributed by atoms with Crippen molar-refractivity contribution in [1.82, 2.24) is 15.5 Å². The van der Waals surface area contributed by atoms with E-state index in [1.54, 1.807) is 0 Å². The van der Waals surface area contributed by atoms with Gasteiger partial charge in [0.05, 0.1) is 0 Å². The summed E-state index contributed by atoms with van der Waals surface area (Å²) < 4.78 is 0. The fraction of sp³-hybridized carbons (Fsp3) is 0.938. The average molecular weight is 311 g/mol. The number of aliphatic imine (C=N–C) groups is 1. The Morgan fingerprint density at radius 3 is 2.67 bits per heavy atom. The minimum Gasteiger partial charge on any atom is -0.356 e. The van der Waals surface area contributed by atoms with Gasteiger partial charge in [-0.1, -0.05) is 0 Å². The number of hydrogen-bond donors (Lipinski definition) is 2. The van der Waals surface area contributed by atoms with Gasteiger partial charge in [0.15, 0.2) is 5.96 Å². The molecule has 2 unspecified atom stereocenters. The Morgan fingerprint density at radius 2 is 2.00 bits per heavy atom. The number of thioether (sulfide) groups is 1. The SMILES string of the molecule is CN=C(NCC1CCSCC1)NC1CC(C)N(C2CC2)C1. The molecule has 2 saturated heterocycles. The van der Waals surface area contributed by atoms with E-state index in [4.69, 9.17) is 0 Å². The van der Waals surface area contributed by atoms with Crippen LogP contribution < -0.4 is 10.6 Å². The lowest BCUT2D eigenvalue weighted by atomic mass is 10.0. The van der Waals surface area contributed by atoms with E-state index in [0.29, 0.717) is 6.04 Å². The number of hydrogen-bond acceptors (Lipinski definition) is 3. The maximum absolute atomic E-state index is 4.42. The number of nitrogens with zero attached hydrogens (tertiary/aromatic N) is 2. The molecule has 1 aliphatic carbocycles. The Morgan fingerprint density at radius 1 is 1.24 bits per heavy atom. The Bertz CT molecular complexity index is 363. The summed E-state index contributed by atoms with van der Waals surface area (Å²) in [5.41, 5.74) is 0. The number of guanidine groups is 1. The number of likely N-dealkylation sites (tertiary alicyclic amines) is 1. The van der Waals surface area contributed by atoms with Gasteiger partial charge in [0, 0.05) is 38.3 Å². The predicted octanol–water partition coefficient (Wildman–Crippen LogP) is 1.92. The molecule has 3 fully saturated rings. The minimum atomic E-state index is 0.564. The normalized spacial score (nSPS) is 32.4. The molecule has 1 saturated carbocycles. The van der Waals surface area contributed by atoms with Gasteiger partial charge in [0.25, 0.3) is 0 Å². The maximum Gasteiger partial charge on any atom is 0.191 e. The third-order valence-electron chi connectivity index (χ3n) is 5.10. The molecule has 5 heteroatoms. The van der Waals surface area contributed by atoms with E-state index in [9.17, 15) is 0 Å². The molecule has 0 aromatic rings. The van der Waals surface area contributed by atoms with Gasteiger partial charge in [-0.2, -0.15) is 11.8 Å². The zero-order valence-corrected chi connectivity index (χ0v) is 14.3. The summed E-state index contributed by atoms with van der Waals surface area (Å²) in [4.78, 5) is 7.10. The second-order valence-corrected chi connectivity index (χ2v) is 8.09. The standard InChI is InChI=1S/C16H30N4S/c1-12-9-14(11-20(12)15-3-4-15)19-16(17-2)18-10-13-5-7-21-8-6-13/h12-15H,3-11H2,1-2H3,(H2,17,18,19). The molecular formula is C16H30N4S.